The topological polar surface area (TPSA) is 61.8 Å². The molecule has 0 aliphatic rings. The van der Waals surface area contributed by atoms with Crippen molar-refractivity contribution in [3.05, 3.63) is 42.0 Å². The van der Waals surface area contributed by atoms with Crippen LogP contribution in [0.2, 0.25) is 0 Å². The molecule has 0 fully saturated rings. The molecular weight excluding hydrogens is 337 g/mol. The predicted octanol–water partition coefficient (Wildman–Crippen LogP) is 3.15. The summed E-state index contributed by atoms with van der Waals surface area (Å²) < 4.78 is 73.7. The first-order valence-corrected chi connectivity index (χ1v) is 8.01. The molecule has 0 heterocycles. The molecule has 1 aromatic rings. The summed E-state index contributed by atoms with van der Waals surface area (Å²) in [7, 11) is -5.71. The predicted molar refractivity (Wildman–Crippen MR) is 77.2 cm³/mol. The third-order valence-electron chi connectivity index (χ3n) is 2.61. The maximum absolute atomic E-state index is 12.4. The standard InChI is InChI=1S/C14H17F3O5S/c1-3-5-12-8-11(9-21-10-20-4-2)6-7-13(12)22-23(18,19)14(15,16)17/h3,6-8H,1,4-5,9-10H2,2H3. The summed E-state index contributed by atoms with van der Waals surface area (Å²) in [5, 5.41) is 0. The van der Waals surface area contributed by atoms with Crippen LogP contribution in [0.4, 0.5) is 13.2 Å². The molecule has 0 saturated heterocycles. The van der Waals surface area contributed by atoms with Gasteiger partial charge in [-0.15, -0.1) is 6.58 Å². The van der Waals surface area contributed by atoms with Crippen molar-refractivity contribution in [2.75, 3.05) is 13.4 Å². The lowest BCUT2D eigenvalue weighted by Gasteiger charge is -2.13. The van der Waals surface area contributed by atoms with E-state index in [0.29, 0.717) is 12.2 Å². The van der Waals surface area contributed by atoms with Crippen molar-refractivity contribution in [1.29, 1.82) is 0 Å². The Morgan fingerprint density at radius 3 is 2.52 bits per heavy atom. The summed E-state index contributed by atoms with van der Waals surface area (Å²) >= 11 is 0. The van der Waals surface area contributed by atoms with Crippen LogP contribution in [-0.4, -0.2) is 27.3 Å². The van der Waals surface area contributed by atoms with Gasteiger partial charge in [-0.3, -0.25) is 0 Å². The van der Waals surface area contributed by atoms with Gasteiger partial charge in [0.2, 0.25) is 0 Å². The normalized spacial score (nSPS) is 12.2. The Morgan fingerprint density at radius 1 is 1.26 bits per heavy atom. The molecule has 0 spiro atoms. The first-order valence-electron chi connectivity index (χ1n) is 6.60. The van der Waals surface area contributed by atoms with E-state index < -0.39 is 21.4 Å². The van der Waals surface area contributed by atoms with Crippen molar-refractivity contribution in [1.82, 2.24) is 0 Å². The molecule has 130 valence electrons. The molecule has 1 aromatic carbocycles. The van der Waals surface area contributed by atoms with Crippen LogP contribution in [0.3, 0.4) is 0 Å². The molecule has 23 heavy (non-hydrogen) atoms. The van der Waals surface area contributed by atoms with Crippen LogP contribution >= 0.6 is 0 Å². The average Bonchev–Trinajstić information content (AvgIpc) is 2.45. The van der Waals surface area contributed by atoms with Crippen LogP contribution < -0.4 is 4.18 Å². The number of halogens is 3. The van der Waals surface area contributed by atoms with Crippen molar-refractivity contribution in [2.45, 2.75) is 25.5 Å². The highest BCUT2D eigenvalue weighted by molar-refractivity contribution is 7.88. The van der Waals surface area contributed by atoms with Crippen molar-refractivity contribution >= 4 is 10.1 Å². The maximum atomic E-state index is 12.4. The van der Waals surface area contributed by atoms with Gasteiger partial charge >= 0.3 is 15.6 Å². The lowest BCUT2D eigenvalue weighted by molar-refractivity contribution is -0.0572. The van der Waals surface area contributed by atoms with E-state index >= 15 is 0 Å². The van der Waals surface area contributed by atoms with Gasteiger partial charge in [-0.2, -0.15) is 21.6 Å². The fraction of sp³-hybridized carbons (Fsp3) is 0.429. The number of benzene rings is 1. The zero-order chi connectivity index (χ0) is 17.5. The van der Waals surface area contributed by atoms with Gasteiger partial charge in [0.1, 0.15) is 12.5 Å². The van der Waals surface area contributed by atoms with Gasteiger partial charge < -0.3 is 13.7 Å². The first kappa shape index (κ1) is 19.5. The van der Waals surface area contributed by atoms with Crippen LogP contribution in [0.25, 0.3) is 0 Å². The Hall–Kier alpha value is -1.58. The fourth-order valence-corrected chi connectivity index (χ4v) is 2.08. The van der Waals surface area contributed by atoms with Gasteiger partial charge in [0, 0.05) is 12.2 Å². The smallest absolute Gasteiger partial charge is 0.376 e. The second-order valence-corrected chi connectivity index (χ2v) is 5.92. The molecule has 0 bridgehead atoms. The zero-order valence-corrected chi connectivity index (χ0v) is 13.2. The Morgan fingerprint density at radius 2 is 1.96 bits per heavy atom. The molecule has 0 unspecified atom stereocenters. The number of hydrogen-bond acceptors (Lipinski definition) is 5. The molecule has 0 radical (unpaired) electrons. The second kappa shape index (κ2) is 8.32. The van der Waals surface area contributed by atoms with E-state index in [1.165, 1.54) is 18.2 Å². The molecule has 0 aliphatic carbocycles. The Labute approximate surface area is 132 Å². The number of rotatable bonds is 9. The summed E-state index contributed by atoms with van der Waals surface area (Å²) in [6, 6.07) is 4.07. The lowest BCUT2D eigenvalue weighted by Crippen LogP contribution is -2.28. The minimum Gasteiger partial charge on any atom is -0.376 e. The molecule has 0 N–H and O–H groups in total. The van der Waals surface area contributed by atoms with Crippen LogP contribution in [0.1, 0.15) is 18.1 Å². The summed E-state index contributed by atoms with van der Waals surface area (Å²) in [6.07, 6.45) is 1.56. The summed E-state index contributed by atoms with van der Waals surface area (Å²) in [5.41, 5.74) is -4.60. The number of hydrogen-bond donors (Lipinski definition) is 0. The molecule has 0 aromatic heterocycles. The molecule has 1 rings (SSSR count). The molecule has 0 amide bonds. The van der Waals surface area contributed by atoms with Crippen molar-refractivity contribution in [2.24, 2.45) is 0 Å². The van der Waals surface area contributed by atoms with E-state index in [0.717, 1.165) is 6.07 Å². The third kappa shape index (κ3) is 5.85. The maximum Gasteiger partial charge on any atom is 0.534 e. The van der Waals surface area contributed by atoms with E-state index in [2.05, 4.69) is 10.8 Å². The van der Waals surface area contributed by atoms with Crippen molar-refractivity contribution in [3.8, 4) is 5.75 Å². The second-order valence-electron chi connectivity index (χ2n) is 4.38. The minimum absolute atomic E-state index is 0.0774. The number of ether oxygens (including phenoxy) is 2. The minimum atomic E-state index is -5.71. The highest BCUT2D eigenvalue weighted by Gasteiger charge is 2.48. The van der Waals surface area contributed by atoms with E-state index in [4.69, 9.17) is 9.47 Å². The molecule has 9 heteroatoms. The fourth-order valence-electron chi connectivity index (χ4n) is 1.59. The van der Waals surface area contributed by atoms with Gasteiger partial charge in [0.25, 0.3) is 0 Å². The van der Waals surface area contributed by atoms with Crippen molar-refractivity contribution < 1.29 is 35.2 Å². The Bertz CT molecular complexity index is 626. The summed E-state index contributed by atoms with van der Waals surface area (Å²) in [4.78, 5) is 0. The molecule has 0 saturated carbocycles. The first-order chi connectivity index (χ1) is 10.7. The largest absolute Gasteiger partial charge is 0.534 e. The molecular formula is C14H17F3O5S. The quantitative estimate of drug-likeness (QED) is 0.224. The Balaban J connectivity index is 2.94. The van der Waals surface area contributed by atoms with Crippen LogP contribution in [0.5, 0.6) is 5.75 Å². The SMILES string of the molecule is C=CCc1cc(COCOCC)ccc1OS(=O)(=O)C(F)(F)F. The van der Waals surface area contributed by atoms with E-state index in [1.807, 2.05) is 0 Å². The van der Waals surface area contributed by atoms with Gasteiger partial charge in [0.15, 0.2) is 0 Å². The van der Waals surface area contributed by atoms with Gasteiger partial charge in [-0.1, -0.05) is 12.1 Å². The number of allylic oxidation sites excluding steroid dienone is 1. The highest BCUT2D eigenvalue weighted by atomic mass is 32.2. The summed E-state index contributed by atoms with van der Waals surface area (Å²) in [6.45, 7) is 6.01. The average molecular weight is 354 g/mol. The van der Waals surface area contributed by atoms with E-state index in [9.17, 15) is 21.6 Å². The van der Waals surface area contributed by atoms with E-state index in [-0.39, 0.29) is 25.4 Å². The zero-order valence-electron chi connectivity index (χ0n) is 12.4. The third-order valence-corrected chi connectivity index (χ3v) is 3.58. The highest BCUT2D eigenvalue weighted by Crippen LogP contribution is 2.30. The van der Waals surface area contributed by atoms with Gasteiger partial charge in [0.05, 0.1) is 6.61 Å². The van der Waals surface area contributed by atoms with Crippen molar-refractivity contribution in [3.63, 3.8) is 0 Å². The van der Waals surface area contributed by atoms with Crippen LogP contribution in [0.15, 0.2) is 30.9 Å². The molecule has 0 atom stereocenters. The molecule has 0 aliphatic heterocycles. The summed E-state index contributed by atoms with van der Waals surface area (Å²) in [5.74, 6) is -0.393. The monoisotopic (exact) mass is 354 g/mol. The Kier molecular flexibility index (Phi) is 7.04. The van der Waals surface area contributed by atoms with Crippen LogP contribution in [-0.2, 0) is 32.6 Å². The lowest BCUT2D eigenvalue weighted by atomic mass is 10.1. The van der Waals surface area contributed by atoms with Crippen LogP contribution in [0, 0.1) is 0 Å². The number of alkyl halides is 3. The van der Waals surface area contributed by atoms with E-state index in [1.54, 1.807) is 6.92 Å². The molecule has 5 nitrogen and oxygen atoms in total. The van der Waals surface area contributed by atoms with Gasteiger partial charge in [-0.25, -0.2) is 0 Å². The van der Waals surface area contributed by atoms with Gasteiger partial charge in [-0.05, 0) is 31.0 Å².